The summed E-state index contributed by atoms with van der Waals surface area (Å²) in [6, 6.07) is 12.8. The monoisotopic (exact) mass is 394 g/mol. The van der Waals surface area contributed by atoms with Crippen molar-refractivity contribution < 1.29 is 13.5 Å². The highest BCUT2D eigenvalue weighted by molar-refractivity contribution is 5.77. The Bertz CT molecular complexity index is 1140. The summed E-state index contributed by atoms with van der Waals surface area (Å²) in [7, 11) is 0. The molecular weight excluding hydrogens is 378 g/mol. The van der Waals surface area contributed by atoms with Gasteiger partial charge in [0.25, 0.3) is 0 Å². The lowest BCUT2D eigenvalue weighted by molar-refractivity contribution is 0.258. The van der Waals surface area contributed by atoms with Gasteiger partial charge in [0.1, 0.15) is 36.6 Å². The van der Waals surface area contributed by atoms with Crippen LogP contribution in [0.4, 0.5) is 8.78 Å². The summed E-state index contributed by atoms with van der Waals surface area (Å²) >= 11 is 0. The third-order valence-corrected chi connectivity index (χ3v) is 4.19. The number of hydrogen-bond donors (Lipinski definition) is 0. The second kappa shape index (κ2) is 8.01. The summed E-state index contributed by atoms with van der Waals surface area (Å²) in [6.45, 7) is 1.73. The van der Waals surface area contributed by atoms with Gasteiger partial charge in [-0.05, 0) is 31.2 Å². The van der Waals surface area contributed by atoms with E-state index in [1.165, 1.54) is 29.5 Å². The second-order valence-electron chi connectivity index (χ2n) is 6.16. The molecule has 0 amide bonds. The molecule has 0 aliphatic heterocycles. The molecule has 2 aromatic heterocycles. The summed E-state index contributed by atoms with van der Waals surface area (Å²) in [5, 5.41) is 12.2. The van der Waals surface area contributed by atoms with Crippen molar-refractivity contribution in [2.75, 3.05) is 0 Å². The SMILES string of the molecule is C/C(=C(/OCc1cn(-c2ccccc2)nn1)c1ccc(F)cc1F)n1cncn1. The van der Waals surface area contributed by atoms with Gasteiger partial charge in [0, 0.05) is 6.07 Å². The molecule has 0 aliphatic rings. The van der Waals surface area contributed by atoms with Gasteiger partial charge in [-0.25, -0.2) is 23.1 Å². The molecule has 0 unspecified atom stereocenters. The van der Waals surface area contributed by atoms with Crippen LogP contribution in [-0.2, 0) is 11.3 Å². The predicted molar refractivity (Wildman–Crippen MR) is 101 cm³/mol. The standard InChI is InChI=1S/C20H16F2N6O/c1-14(28-13-23-12-24-28)20(18-8-7-15(21)9-19(18)22)29-11-16-10-27(26-25-16)17-5-3-2-4-6-17/h2-10,12-13H,11H2,1H3/b20-14-. The van der Waals surface area contributed by atoms with Crippen molar-refractivity contribution in [3.05, 3.63) is 90.3 Å². The molecule has 0 aliphatic carbocycles. The molecular formula is C20H16F2N6O. The second-order valence-corrected chi connectivity index (χ2v) is 6.16. The molecule has 0 saturated heterocycles. The zero-order chi connectivity index (χ0) is 20.2. The summed E-state index contributed by atoms with van der Waals surface area (Å²) in [4.78, 5) is 3.89. The Morgan fingerprint density at radius 1 is 1.10 bits per heavy atom. The van der Waals surface area contributed by atoms with E-state index in [2.05, 4.69) is 20.4 Å². The minimum atomic E-state index is -0.743. The van der Waals surface area contributed by atoms with E-state index in [4.69, 9.17) is 4.74 Å². The van der Waals surface area contributed by atoms with Gasteiger partial charge in [-0.15, -0.1) is 5.10 Å². The normalized spacial score (nSPS) is 12.0. The van der Waals surface area contributed by atoms with Crippen LogP contribution < -0.4 is 0 Å². The van der Waals surface area contributed by atoms with Crippen LogP contribution in [0.15, 0.2) is 67.4 Å². The largest absolute Gasteiger partial charge is 0.485 e. The third kappa shape index (κ3) is 4.03. The van der Waals surface area contributed by atoms with Crippen molar-refractivity contribution in [1.29, 1.82) is 0 Å². The first-order chi connectivity index (χ1) is 14.1. The maximum absolute atomic E-state index is 14.4. The van der Waals surface area contributed by atoms with E-state index in [1.54, 1.807) is 17.8 Å². The summed E-state index contributed by atoms with van der Waals surface area (Å²) < 4.78 is 36.7. The van der Waals surface area contributed by atoms with E-state index < -0.39 is 11.6 Å². The Labute approximate surface area is 164 Å². The molecule has 2 aromatic carbocycles. The molecule has 29 heavy (non-hydrogen) atoms. The third-order valence-electron chi connectivity index (χ3n) is 4.19. The molecule has 7 nitrogen and oxygen atoms in total. The number of nitrogens with zero attached hydrogens (tertiary/aromatic N) is 6. The Morgan fingerprint density at radius 3 is 2.66 bits per heavy atom. The highest BCUT2D eigenvalue weighted by atomic mass is 19.1. The fraction of sp³-hybridized carbons (Fsp3) is 0.100. The molecule has 0 bridgehead atoms. The van der Waals surface area contributed by atoms with Gasteiger partial charge >= 0.3 is 0 Å². The van der Waals surface area contributed by atoms with Crippen LogP contribution in [0.3, 0.4) is 0 Å². The molecule has 0 spiro atoms. The minimum Gasteiger partial charge on any atom is -0.485 e. The van der Waals surface area contributed by atoms with Crippen molar-refractivity contribution in [2.24, 2.45) is 0 Å². The smallest absolute Gasteiger partial charge is 0.151 e. The maximum Gasteiger partial charge on any atom is 0.151 e. The number of aromatic nitrogens is 6. The van der Waals surface area contributed by atoms with Crippen LogP contribution in [-0.4, -0.2) is 29.8 Å². The van der Waals surface area contributed by atoms with Gasteiger partial charge in [-0.1, -0.05) is 23.4 Å². The highest BCUT2D eigenvalue weighted by Gasteiger charge is 2.16. The summed E-state index contributed by atoms with van der Waals surface area (Å²) in [5.41, 5.74) is 1.99. The highest BCUT2D eigenvalue weighted by Crippen LogP contribution is 2.26. The zero-order valence-electron chi connectivity index (χ0n) is 15.4. The summed E-state index contributed by atoms with van der Waals surface area (Å²) in [5.74, 6) is -1.22. The number of halogens is 2. The molecule has 0 fully saturated rings. The first-order valence-corrected chi connectivity index (χ1v) is 8.72. The van der Waals surface area contributed by atoms with Crippen LogP contribution in [0.1, 0.15) is 18.2 Å². The predicted octanol–water partition coefficient (Wildman–Crippen LogP) is 3.70. The number of ether oxygens (including phenoxy) is 1. The molecule has 4 aromatic rings. The van der Waals surface area contributed by atoms with E-state index >= 15 is 0 Å². The Balaban J connectivity index is 1.63. The first kappa shape index (κ1) is 18.5. The molecule has 0 radical (unpaired) electrons. The quantitative estimate of drug-likeness (QED) is 0.467. The summed E-state index contributed by atoms with van der Waals surface area (Å²) in [6.07, 6.45) is 4.54. The fourth-order valence-electron chi connectivity index (χ4n) is 2.75. The lowest BCUT2D eigenvalue weighted by atomic mass is 10.1. The molecule has 4 rings (SSSR count). The van der Waals surface area contributed by atoms with Gasteiger partial charge in [0.15, 0.2) is 5.76 Å². The van der Waals surface area contributed by atoms with E-state index in [1.807, 2.05) is 30.3 Å². The van der Waals surface area contributed by atoms with E-state index in [-0.39, 0.29) is 17.9 Å². The van der Waals surface area contributed by atoms with Crippen LogP contribution in [0.2, 0.25) is 0 Å². The maximum atomic E-state index is 14.4. The average Bonchev–Trinajstić information content (AvgIpc) is 3.42. The Morgan fingerprint density at radius 2 is 1.93 bits per heavy atom. The first-order valence-electron chi connectivity index (χ1n) is 8.72. The zero-order valence-corrected chi connectivity index (χ0v) is 15.4. The Hall–Kier alpha value is -3.88. The minimum absolute atomic E-state index is 0.0328. The molecule has 0 saturated carbocycles. The van der Waals surface area contributed by atoms with Crippen LogP contribution in [0.25, 0.3) is 17.1 Å². The van der Waals surface area contributed by atoms with Crippen molar-refractivity contribution in [3.8, 4) is 5.69 Å². The van der Waals surface area contributed by atoms with Gasteiger partial charge in [0.2, 0.25) is 0 Å². The van der Waals surface area contributed by atoms with Crippen molar-refractivity contribution in [1.82, 2.24) is 29.8 Å². The molecule has 146 valence electrons. The van der Waals surface area contributed by atoms with E-state index in [0.29, 0.717) is 11.4 Å². The van der Waals surface area contributed by atoms with Crippen LogP contribution in [0, 0.1) is 11.6 Å². The van der Waals surface area contributed by atoms with E-state index in [0.717, 1.165) is 11.8 Å². The van der Waals surface area contributed by atoms with E-state index in [9.17, 15) is 8.78 Å². The lowest BCUT2D eigenvalue weighted by Crippen LogP contribution is -2.04. The van der Waals surface area contributed by atoms with Gasteiger partial charge in [-0.2, -0.15) is 5.10 Å². The van der Waals surface area contributed by atoms with Crippen molar-refractivity contribution in [3.63, 3.8) is 0 Å². The van der Waals surface area contributed by atoms with Crippen molar-refractivity contribution in [2.45, 2.75) is 13.5 Å². The number of rotatable bonds is 6. The number of allylic oxidation sites excluding steroid dienone is 1. The van der Waals surface area contributed by atoms with Crippen LogP contribution >= 0.6 is 0 Å². The molecule has 2 heterocycles. The number of hydrogen-bond acceptors (Lipinski definition) is 5. The van der Waals surface area contributed by atoms with Gasteiger partial charge < -0.3 is 4.74 Å². The van der Waals surface area contributed by atoms with Crippen molar-refractivity contribution >= 4 is 11.5 Å². The topological polar surface area (TPSA) is 70.7 Å². The lowest BCUT2D eigenvalue weighted by Gasteiger charge is -2.14. The van der Waals surface area contributed by atoms with Gasteiger partial charge in [0.05, 0.1) is 23.1 Å². The Kier molecular flexibility index (Phi) is 5.10. The number of benzene rings is 2. The fourth-order valence-corrected chi connectivity index (χ4v) is 2.75. The molecule has 9 heteroatoms. The molecule has 0 N–H and O–H groups in total. The van der Waals surface area contributed by atoms with Gasteiger partial charge in [-0.3, -0.25) is 0 Å². The van der Waals surface area contributed by atoms with Crippen LogP contribution in [0.5, 0.6) is 0 Å². The molecule has 0 atom stereocenters. The number of para-hydroxylation sites is 1. The average molecular weight is 394 g/mol.